The number of hydrogen-bond donors (Lipinski definition) is 2. The number of nitrogens with two attached hydrogens (primary N) is 1. The smallest absolute Gasteiger partial charge is 0.254 e. The number of carbonyl (C=O) groups is 1. The van der Waals surface area contributed by atoms with Crippen molar-refractivity contribution in [1.29, 1.82) is 0 Å². The van der Waals surface area contributed by atoms with Crippen molar-refractivity contribution < 1.29 is 9.18 Å². The highest BCUT2D eigenvalue weighted by Gasteiger charge is 2.15. The molecule has 3 N–H and O–H groups in total. The van der Waals surface area contributed by atoms with E-state index in [0.717, 1.165) is 19.6 Å². The molecule has 2 rings (SSSR count). The van der Waals surface area contributed by atoms with E-state index < -0.39 is 11.7 Å². The summed E-state index contributed by atoms with van der Waals surface area (Å²) in [5.41, 5.74) is 6.47. The van der Waals surface area contributed by atoms with Crippen molar-refractivity contribution in [3.63, 3.8) is 0 Å². The molecule has 0 aromatic heterocycles. The lowest BCUT2D eigenvalue weighted by atomic mass is 10.1. The molecule has 0 unspecified atom stereocenters. The molecule has 19 heavy (non-hydrogen) atoms. The average Bonchev–Trinajstić information content (AvgIpc) is 2.86. The number of benzene rings is 1. The zero-order chi connectivity index (χ0) is 13.8. The van der Waals surface area contributed by atoms with Crippen molar-refractivity contribution in [2.75, 3.05) is 31.9 Å². The molecule has 1 saturated heterocycles. The Morgan fingerprint density at radius 1 is 1.42 bits per heavy atom. The Bertz CT molecular complexity index is 470. The maximum atomic E-state index is 13.8. The van der Waals surface area contributed by atoms with Gasteiger partial charge in [0.15, 0.2) is 0 Å². The van der Waals surface area contributed by atoms with Gasteiger partial charge in [-0.25, -0.2) is 4.39 Å². The van der Waals surface area contributed by atoms with Gasteiger partial charge in [-0.1, -0.05) is 0 Å². The van der Waals surface area contributed by atoms with Crippen LogP contribution in [0.1, 0.15) is 28.8 Å². The first-order chi connectivity index (χ1) is 9.08. The summed E-state index contributed by atoms with van der Waals surface area (Å²) in [6, 6.07) is 2.91. The number of nitrogen functional groups attached to an aromatic ring is 1. The van der Waals surface area contributed by atoms with Gasteiger partial charge in [-0.3, -0.25) is 4.79 Å². The van der Waals surface area contributed by atoms with Crippen molar-refractivity contribution in [3.05, 3.63) is 29.1 Å². The topological polar surface area (TPSA) is 58.4 Å². The lowest BCUT2D eigenvalue weighted by Crippen LogP contribution is -2.34. The van der Waals surface area contributed by atoms with E-state index in [-0.39, 0.29) is 5.56 Å². The lowest BCUT2D eigenvalue weighted by Gasteiger charge is -2.15. The zero-order valence-electron chi connectivity index (χ0n) is 11.2. The van der Waals surface area contributed by atoms with Crippen LogP contribution in [0, 0.1) is 12.7 Å². The Balaban J connectivity index is 1.92. The third kappa shape index (κ3) is 3.44. The van der Waals surface area contributed by atoms with Crippen LogP contribution in [0.25, 0.3) is 0 Å². The molecular formula is C14H20FN3O. The Kier molecular flexibility index (Phi) is 4.37. The molecule has 1 aliphatic rings. The Hall–Kier alpha value is -1.62. The molecule has 1 fully saturated rings. The molecule has 0 spiro atoms. The number of carbonyl (C=O) groups excluding carboxylic acids is 1. The van der Waals surface area contributed by atoms with E-state index in [1.165, 1.54) is 25.0 Å². The predicted molar refractivity (Wildman–Crippen MR) is 73.6 cm³/mol. The number of halogens is 1. The normalized spacial score (nSPS) is 15.7. The molecule has 5 heteroatoms. The molecule has 1 aliphatic heterocycles. The predicted octanol–water partition coefficient (Wildman–Crippen LogP) is 1.54. The highest BCUT2D eigenvalue weighted by molar-refractivity contribution is 5.95. The largest absolute Gasteiger partial charge is 0.399 e. The summed E-state index contributed by atoms with van der Waals surface area (Å²) in [5, 5.41) is 2.74. The Morgan fingerprint density at radius 2 is 2.11 bits per heavy atom. The molecule has 104 valence electrons. The van der Waals surface area contributed by atoms with Crippen LogP contribution in [0.5, 0.6) is 0 Å². The number of rotatable bonds is 4. The fourth-order valence-corrected chi connectivity index (χ4v) is 2.39. The third-order valence-electron chi connectivity index (χ3n) is 3.43. The fourth-order valence-electron chi connectivity index (χ4n) is 2.39. The fraction of sp³-hybridized carbons (Fsp3) is 0.500. The van der Waals surface area contributed by atoms with Gasteiger partial charge in [-0.05, 0) is 50.6 Å². The maximum Gasteiger partial charge on any atom is 0.254 e. The van der Waals surface area contributed by atoms with Crippen molar-refractivity contribution in [2.45, 2.75) is 19.8 Å². The SMILES string of the molecule is Cc1cc(N)cc(C(=O)NCCN2CCCC2)c1F. The number of anilines is 1. The van der Waals surface area contributed by atoms with E-state index in [0.29, 0.717) is 17.8 Å². The van der Waals surface area contributed by atoms with E-state index in [9.17, 15) is 9.18 Å². The molecule has 4 nitrogen and oxygen atoms in total. The molecule has 0 radical (unpaired) electrons. The number of likely N-dealkylation sites (tertiary alicyclic amines) is 1. The van der Waals surface area contributed by atoms with Gasteiger partial charge < -0.3 is 16.0 Å². The lowest BCUT2D eigenvalue weighted by molar-refractivity contribution is 0.0945. The second-order valence-corrected chi connectivity index (χ2v) is 5.00. The number of hydrogen-bond acceptors (Lipinski definition) is 3. The van der Waals surface area contributed by atoms with Gasteiger partial charge in [0.2, 0.25) is 0 Å². The van der Waals surface area contributed by atoms with E-state index in [1.807, 2.05) is 0 Å². The summed E-state index contributed by atoms with van der Waals surface area (Å²) in [4.78, 5) is 14.2. The summed E-state index contributed by atoms with van der Waals surface area (Å²) in [6.45, 7) is 5.12. The summed E-state index contributed by atoms with van der Waals surface area (Å²) >= 11 is 0. The molecule has 1 aromatic rings. The minimum absolute atomic E-state index is 0.0268. The van der Waals surface area contributed by atoms with Crippen LogP contribution in [0.4, 0.5) is 10.1 Å². The van der Waals surface area contributed by atoms with Crippen molar-refractivity contribution in [2.24, 2.45) is 0 Å². The van der Waals surface area contributed by atoms with Gasteiger partial charge in [0.25, 0.3) is 5.91 Å². The second kappa shape index (κ2) is 6.02. The van der Waals surface area contributed by atoms with Gasteiger partial charge in [-0.2, -0.15) is 0 Å². The van der Waals surface area contributed by atoms with Crippen LogP contribution in [0.3, 0.4) is 0 Å². The van der Waals surface area contributed by atoms with Gasteiger partial charge in [0.05, 0.1) is 5.56 Å². The van der Waals surface area contributed by atoms with E-state index in [2.05, 4.69) is 10.2 Å². The van der Waals surface area contributed by atoms with E-state index >= 15 is 0 Å². The first-order valence-electron chi connectivity index (χ1n) is 6.64. The van der Waals surface area contributed by atoms with Crippen LogP contribution in [0.15, 0.2) is 12.1 Å². The molecule has 0 saturated carbocycles. The quantitative estimate of drug-likeness (QED) is 0.812. The highest BCUT2D eigenvalue weighted by Crippen LogP contribution is 2.16. The van der Waals surface area contributed by atoms with Gasteiger partial charge in [0.1, 0.15) is 5.82 Å². The van der Waals surface area contributed by atoms with Crippen LogP contribution in [-0.2, 0) is 0 Å². The third-order valence-corrected chi connectivity index (χ3v) is 3.43. The van der Waals surface area contributed by atoms with Crippen molar-refractivity contribution >= 4 is 11.6 Å². The summed E-state index contributed by atoms with van der Waals surface area (Å²) < 4.78 is 13.8. The summed E-state index contributed by atoms with van der Waals surface area (Å²) in [6.07, 6.45) is 2.44. The maximum absolute atomic E-state index is 13.8. The van der Waals surface area contributed by atoms with Crippen LogP contribution in [0.2, 0.25) is 0 Å². The van der Waals surface area contributed by atoms with Gasteiger partial charge >= 0.3 is 0 Å². The number of nitrogens with zero attached hydrogens (tertiary/aromatic N) is 1. The van der Waals surface area contributed by atoms with Crippen LogP contribution in [-0.4, -0.2) is 37.0 Å². The zero-order valence-corrected chi connectivity index (χ0v) is 11.2. The minimum atomic E-state index is -0.493. The monoisotopic (exact) mass is 265 g/mol. The number of amides is 1. The van der Waals surface area contributed by atoms with E-state index in [4.69, 9.17) is 5.73 Å². The first-order valence-corrected chi connectivity index (χ1v) is 6.64. The Labute approximate surface area is 112 Å². The number of aryl methyl sites for hydroxylation is 1. The molecule has 0 atom stereocenters. The van der Waals surface area contributed by atoms with Crippen LogP contribution < -0.4 is 11.1 Å². The first kappa shape index (κ1) is 13.8. The molecule has 0 bridgehead atoms. The Morgan fingerprint density at radius 3 is 2.79 bits per heavy atom. The number of nitrogens with one attached hydrogen (secondary N) is 1. The van der Waals surface area contributed by atoms with Gasteiger partial charge in [-0.15, -0.1) is 0 Å². The summed E-state index contributed by atoms with van der Waals surface area (Å²) in [7, 11) is 0. The molecule has 1 aromatic carbocycles. The van der Waals surface area contributed by atoms with Gasteiger partial charge in [0, 0.05) is 18.8 Å². The summed E-state index contributed by atoms with van der Waals surface area (Å²) in [5.74, 6) is -0.889. The van der Waals surface area contributed by atoms with Crippen molar-refractivity contribution in [3.8, 4) is 0 Å². The van der Waals surface area contributed by atoms with E-state index in [1.54, 1.807) is 6.92 Å². The average molecular weight is 265 g/mol. The van der Waals surface area contributed by atoms with Crippen LogP contribution >= 0.6 is 0 Å². The minimum Gasteiger partial charge on any atom is -0.399 e. The van der Waals surface area contributed by atoms with Crippen molar-refractivity contribution in [1.82, 2.24) is 10.2 Å². The highest BCUT2D eigenvalue weighted by atomic mass is 19.1. The molecular weight excluding hydrogens is 245 g/mol. The standard InChI is InChI=1S/C14H20FN3O/c1-10-8-11(16)9-12(13(10)15)14(19)17-4-7-18-5-2-3-6-18/h8-9H,2-7,16H2,1H3,(H,17,19). The second-order valence-electron chi connectivity index (χ2n) is 5.00. The molecule has 1 amide bonds. The molecule has 1 heterocycles. The molecule has 0 aliphatic carbocycles.